The summed E-state index contributed by atoms with van der Waals surface area (Å²) in [7, 11) is 0. The summed E-state index contributed by atoms with van der Waals surface area (Å²) in [6, 6.07) is 12.5. The number of para-hydroxylation sites is 1. The molecule has 1 aliphatic rings. The fourth-order valence-corrected chi connectivity index (χ4v) is 3.15. The Hall–Kier alpha value is -3.45. The predicted molar refractivity (Wildman–Crippen MR) is 106 cm³/mol. The number of hydrogen-bond acceptors (Lipinski definition) is 4. The monoisotopic (exact) mass is 397 g/mol. The topological polar surface area (TPSA) is 85.4 Å². The van der Waals surface area contributed by atoms with Crippen molar-refractivity contribution in [3.63, 3.8) is 0 Å². The molecule has 1 aliphatic heterocycles. The maximum atomic E-state index is 12.6. The highest BCUT2D eigenvalue weighted by atomic mass is 35.5. The van der Waals surface area contributed by atoms with Gasteiger partial charge in [0.15, 0.2) is 11.5 Å². The van der Waals surface area contributed by atoms with Gasteiger partial charge in [-0.3, -0.25) is 14.7 Å². The average molecular weight is 398 g/mol. The van der Waals surface area contributed by atoms with Crippen molar-refractivity contribution in [2.24, 2.45) is 0 Å². The van der Waals surface area contributed by atoms with Crippen LogP contribution in [-0.2, 0) is 4.79 Å². The molecule has 8 heteroatoms. The third-order valence-corrected chi connectivity index (χ3v) is 4.49. The van der Waals surface area contributed by atoms with E-state index in [0.717, 1.165) is 0 Å². The Labute approximate surface area is 165 Å². The number of ether oxygens (including phenoxy) is 2. The number of halogens is 1. The molecule has 4 rings (SSSR count). The molecule has 0 fully saturated rings. The zero-order valence-electron chi connectivity index (χ0n) is 14.9. The molecule has 0 aliphatic carbocycles. The second-order valence-electron chi connectivity index (χ2n) is 6.15. The minimum atomic E-state index is -0.437. The number of nitrogens with zero attached hydrogens (tertiary/aromatic N) is 1. The molecule has 2 heterocycles. The van der Waals surface area contributed by atoms with E-state index < -0.39 is 5.91 Å². The third kappa shape index (κ3) is 3.39. The minimum absolute atomic E-state index is 0.114. The lowest BCUT2D eigenvalue weighted by Gasteiger charge is -2.01. The SMILES string of the molecule is Cc1[nH]n(-c2ccccc2)c(=O)c1NC(=O)/C=C/c1cc(Cl)c2c(c1)OCO2. The molecule has 0 saturated carbocycles. The molecule has 0 bridgehead atoms. The van der Waals surface area contributed by atoms with Crippen LogP contribution in [0.15, 0.2) is 53.3 Å². The predicted octanol–water partition coefficient (Wildman–Crippen LogP) is 3.51. The van der Waals surface area contributed by atoms with Crippen molar-refractivity contribution < 1.29 is 14.3 Å². The first-order valence-electron chi connectivity index (χ1n) is 8.48. The number of carbonyl (C=O) groups is 1. The largest absolute Gasteiger partial charge is 0.454 e. The average Bonchev–Trinajstić information content (AvgIpc) is 3.27. The normalized spacial score (nSPS) is 12.5. The van der Waals surface area contributed by atoms with E-state index in [4.69, 9.17) is 21.1 Å². The van der Waals surface area contributed by atoms with Gasteiger partial charge in [0.25, 0.3) is 5.56 Å². The molecule has 2 N–H and O–H groups in total. The van der Waals surface area contributed by atoms with Gasteiger partial charge in [-0.2, -0.15) is 0 Å². The lowest BCUT2D eigenvalue weighted by Crippen LogP contribution is -2.20. The molecule has 3 aromatic rings. The van der Waals surface area contributed by atoms with E-state index in [2.05, 4.69) is 10.4 Å². The summed E-state index contributed by atoms with van der Waals surface area (Å²) in [6.45, 7) is 1.83. The Kier molecular flexibility index (Phi) is 4.67. The molecule has 1 amide bonds. The summed E-state index contributed by atoms with van der Waals surface area (Å²) in [4.78, 5) is 24.9. The van der Waals surface area contributed by atoms with Crippen molar-refractivity contribution >= 4 is 29.3 Å². The molecule has 1 aromatic heterocycles. The zero-order valence-corrected chi connectivity index (χ0v) is 15.6. The maximum Gasteiger partial charge on any atom is 0.295 e. The Balaban J connectivity index is 1.53. The molecule has 7 nitrogen and oxygen atoms in total. The number of aromatic amines is 1. The number of aromatic nitrogens is 2. The van der Waals surface area contributed by atoms with Crippen LogP contribution in [0.1, 0.15) is 11.3 Å². The van der Waals surface area contributed by atoms with E-state index in [1.54, 1.807) is 37.3 Å². The highest BCUT2D eigenvalue weighted by Gasteiger charge is 2.18. The Bertz CT molecular complexity index is 1130. The fraction of sp³-hybridized carbons (Fsp3) is 0.100. The summed E-state index contributed by atoms with van der Waals surface area (Å²) < 4.78 is 11.9. The van der Waals surface area contributed by atoms with Crippen LogP contribution in [0.3, 0.4) is 0 Å². The first-order chi connectivity index (χ1) is 13.5. The molecule has 0 unspecified atom stereocenters. The van der Waals surface area contributed by atoms with E-state index >= 15 is 0 Å². The summed E-state index contributed by atoms with van der Waals surface area (Å²) in [5.41, 5.74) is 1.78. The van der Waals surface area contributed by atoms with Gasteiger partial charge in [-0.1, -0.05) is 29.8 Å². The number of amides is 1. The van der Waals surface area contributed by atoms with Gasteiger partial charge in [0, 0.05) is 6.08 Å². The minimum Gasteiger partial charge on any atom is -0.454 e. The third-order valence-electron chi connectivity index (χ3n) is 4.21. The molecular weight excluding hydrogens is 382 g/mol. The number of hydrogen-bond donors (Lipinski definition) is 2. The van der Waals surface area contributed by atoms with Gasteiger partial charge in [0.1, 0.15) is 5.69 Å². The number of anilines is 1. The van der Waals surface area contributed by atoms with Crippen LogP contribution < -0.4 is 20.3 Å². The van der Waals surface area contributed by atoms with Gasteiger partial charge in [-0.15, -0.1) is 0 Å². The van der Waals surface area contributed by atoms with Crippen LogP contribution in [0.4, 0.5) is 5.69 Å². The van der Waals surface area contributed by atoms with E-state index in [-0.39, 0.29) is 18.0 Å². The number of nitrogens with one attached hydrogen (secondary N) is 2. The molecule has 0 radical (unpaired) electrons. The Morgan fingerprint density at radius 3 is 2.82 bits per heavy atom. The van der Waals surface area contributed by atoms with E-state index in [1.165, 1.54) is 10.8 Å². The van der Waals surface area contributed by atoms with Gasteiger partial charge in [-0.25, -0.2) is 4.68 Å². The molecule has 0 spiro atoms. The molecule has 142 valence electrons. The molecule has 0 atom stereocenters. The van der Waals surface area contributed by atoms with Crippen LogP contribution in [0.2, 0.25) is 5.02 Å². The molecule has 2 aromatic carbocycles. The van der Waals surface area contributed by atoms with E-state index in [1.807, 2.05) is 18.2 Å². The molecular formula is C20H16ClN3O4. The first kappa shape index (κ1) is 17.9. The van der Waals surface area contributed by atoms with Crippen LogP contribution in [0.5, 0.6) is 11.5 Å². The summed E-state index contributed by atoms with van der Waals surface area (Å²) >= 11 is 6.13. The standard InChI is InChI=1S/C20H16ClN3O4/c1-12-18(20(26)24(23-12)14-5-3-2-4-6-14)22-17(25)8-7-13-9-15(21)19-16(10-13)27-11-28-19/h2-10,23H,11H2,1H3,(H,22,25)/b8-7+. The highest BCUT2D eigenvalue weighted by molar-refractivity contribution is 6.32. The van der Waals surface area contributed by atoms with Crippen LogP contribution in [0, 0.1) is 6.92 Å². The van der Waals surface area contributed by atoms with Crippen molar-refractivity contribution in [1.82, 2.24) is 9.78 Å². The number of rotatable bonds is 4. The van der Waals surface area contributed by atoms with Crippen molar-refractivity contribution in [2.75, 3.05) is 12.1 Å². The lowest BCUT2D eigenvalue weighted by atomic mass is 10.2. The smallest absolute Gasteiger partial charge is 0.295 e. The number of benzene rings is 2. The first-order valence-corrected chi connectivity index (χ1v) is 8.86. The van der Waals surface area contributed by atoms with Gasteiger partial charge < -0.3 is 14.8 Å². The summed E-state index contributed by atoms with van der Waals surface area (Å²) in [6.07, 6.45) is 2.91. The van der Waals surface area contributed by atoms with Crippen molar-refractivity contribution in [2.45, 2.75) is 6.92 Å². The fourth-order valence-electron chi connectivity index (χ4n) is 2.87. The number of H-pyrrole nitrogens is 1. The van der Waals surface area contributed by atoms with Gasteiger partial charge in [-0.05, 0) is 42.8 Å². The summed E-state index contributed by atoms with van der Waals surface area (Å²) in [5.74, 6) is 0.584. The second-order valence-corrected chi connectivity index (χ2v) is 6.55. The zero-order chi connectivity index (χ0) is 19.7. The van der Waals surface area contributed by atoms with E-state index in [9.17, 15) is 9.59 Å². The maximum absolute atomic E-state index is 12.6. The highest BCUT2D eigenvalue weighted by Crippen LogP contribution is 2.40. The van der Waals surface area contributed by atoms with Gasteiger partial charge >= 0.3 is 0 Å². The number of aryl methyl sites for hydroxylation is 1. The van der Waals surface area contributed by atoms with Crippen LogP contribution in [-0.4, -0.2) is 22.5 Å². The molecule has 0 saturated heterocycles. The number of carbonyl (C=O) groups excluding carboxylic acids is 1. The molecule has 28 heavy (non-hydrogen) atoms. The van der Waals surface area contributed by atoms with Crippen LogP contribution >= 0.6 is 11.6 Å². The van der Waals surface area contributed by atoms with Gasteiger partial charge in [0.05, 0.1) is 16.4 Å². The quantitative estimate of drug-likeness (QED) is 0.660. The van der Waals surface area contributed by atoms with Crippen LogP contribution in [0.25, 0.3) is 11.8 Å². The van der Waals surface area contributed by atoms with E-state index in [0.29, 0.717) is 33.5 Å². The second kappa shape index (κ2) is 7.28. The lowest BCUT2D eigenvalue weighted by molar-refractivity contribution is -0.111. The summed E-state index contributed by atoms with van der Waals surface area (Å²) in [5, 5.41) is 5.99. The van der Waals surface area contributed by atoms with Gasteiger partial charge in [0.2, 0.25) is 12.7 Å². The number of fused-ring (bicyclic) bond motifs is 1. The Morgan fingerprint density at radius 2 is 2.04 bits per heavy atom. The van der Waals surface area contributed by atoms with Crippen molar-refractivity contribution in [3.05, 3.63) is 75.2 Å². The van der Waals surface area contributed by atoms with Crippen molar-refractivity contribution in [1.29, 1.82) is 0 Å². The Morgan fingerprint density at radius 1 is 1.25 bits per heavy atom. The van der Waals surface area contributed by atoms with Crippen molar-refractivity contribution in [3.8, 4) is 17.2 Å².